The lowest BCUT2D eigenvalue weighted by Crippen LogP contribution is -2.58. The maximum absolute atomic E-state index is 13.5. The Morgan fingerprint density at radius 3 is 1.77 bits per heavy atom. The Morgan fingerprint density at radius 2 is 1.38 bits per heavy atom. The molecule has 26 heavy (non-hydrogen) atoms. The van der Waals surface area contributed by atoms with Crippen LogP contribution in [-0.4, -0.2) is 28.9 Å². The molecular weight excluding hydrogens is 414 g/mol. The highest BCUT2D eigenvalue weighted by molar-refractivity contribution is 6.30. The third-order valence-corrected chi connectivity index (χ3v) is 3.19. The van der Waals surface area contributed by atoms with Crippen LogP contribution in [0.15, 0.2) is 24.3 Å². The van der Waals surface area contributed by atoms with Gasteiger partial charge in [-0.2, -0.15) is 39.5 Å². The van der Waals surface area contributed by atoms with Crippen molar-refractivity contribution >= 4 is 23.1 Å². The molecule has 0 saturated carbocycles. The molecule has 146 valence electrons. The summed E-state index contributed by atoms with van der Waals surface area (Å²) in [6, 6.07) is 1.28. The first-order valence-corrected chi connectivity index (χ1v) is 6.45. The second kappa shape index (κ2) is 6.63. The molecule has 0 bridgehead atoms. The molecule has 0 fully saturated rings. The van der Waals surface area contributed by atoms with E-state index in [1.807, 2.05) is 0 Å². The Bertz CT molecular complexity index is 716. The molecule has 0 saturated heterocycles. The van der Waals surface area contributed by atoms with Crippen LogP contribution in [0, 0.1) is 0 Å². The minimum Gasteiger partial charge on any atom is -0.507 e. The van der Waals surface area contributed by atoms with Crippen LogP contribution in [0.2, 0.25) is 5.02 Å². The van der Waals surface area contributed by atoms with E-state index in [0.717, 1.165) is 0 Å². The number of hydrogen-bond donors (Lipinski definition) is 1. The maximum atomic E-state index is 13.5. The fourth-order valence-electron chi connectivity index (χ4n) is 1.72. The number of halogens is 11. The lowest BCUT2D eigenvalue weighted by Gasteiger charge is -2.27. The fourth-order valence-corrected chi connectivity index (χ4v) is 1.89. The first kappa shape index (κ1) is 22.1. The van der Waals surface area contributed by atoms with Crippen LogP contribution in [0.1, 0.15) is 11.1 Å². The zero-order chi connectivity index (χ0) is 20.7. The van der Waals surface area contributed by atoms with Crippen LogP contribution in [0.5, 0.6) is 0 Å². The van der Waals surface area contributed by atoms with Gasteiger partial charge < -0.3 is 5.11 Å². The van der Waals surface area contributed by atoms with Crippen molar-refractivity contribution < 1.29 is 53.8 Å². The number of hydrogen-bond acceptors (Lipinski definition) is 2. The summed E-state index contributed by atoms with van der Waals surface area (Å²) in [6.45, 7) is 0. The highest BCUT2D eigenvalue weighted by Gasteiger charge is 2.76. The summed E-state index contributed by atoms with van der Waals surface area (Å²) in [5.74, 6) is -5.31. The molecule has 1 N–H and O–H groups in total. The van der Waals surface area contributed by atoms with Gasteiger partial charge in [-0.1, -0.05) is 11.6 Å². The van der Waals surface area contributed by atoms with Gasteiger partial charge >= 0.3 is 24.2 Å². The molecule has 0 aliphatic rings. The summed E-state index contributed by atoms with van der Waals surface area (Å²) >= 11 is 5.30. The molecule has 0 radical (unpaired) electrons. The lowest BCUT2D eigenvalue weighted by atomic mass is 9.96. The number of allylic oxidation sites excluding steroid dienone is 1. The quantitative estimate of drug-likeness (QED) is 0.391. The van der Waals surface area contributed by atoms with Gasteiger partial charge in [-0.3, -0.25) is 4.79 Å². The average molecular weight is 419 g/mol. The number of benzene rings is 1. The number of aliphatic hydroxyl groups excluding tert-OH is 1. The van der Waals surface area contributed by atoms with Gasteiger partial charge in [-0.05, 0) is 18.2 Å². The van der Waals surface area contributed by atoms with Gasteiger partial charge in [0.25, 0.3) is 0 Å². The van der Waals surface area contributed by atoms with Crippen LogP contribution in [-0.2, 0) is 11.0 Å². The topological polar surface area (TPSA) is 37.3 Å². The minimum absolute atomic E-state index is 0.196. The van der Waals surface area contributed by atoms with E-state index in [1.54, 1.807) is 0 Å². The van der Waals surface area contributed by atoms with E-state index in [4.69, 9.17) is 11.6 Å². The Balaban J connectivity index is 3.53. The molecule has 1 rings (SSSR count). The predicted molar refractivity (Wildman–Crippen MR) is 68.0 cm³/mol. The molecule has 2 nitrogen and oxygen atoms in total. The summed E-state index contributed by atoms with van der Waals surface area (Å²) in [5, 5.41) is 8.88. The van der Waals surface area contributed by atoms with Crippen LogP contribution in [0.4, 0.5) is 43.9 Å². The van der Waals surface area contributed by atoms with Crippen LogP contribution in [0.3, 0.4) is 0 Å². The molecule has 0 atom stereocenters. The third kappa shape index (κ3) is 4.05. The van der Waals surface area contributed by atoms with Crippen molar-refractivity contribution in [3.05, 3.63) is 40.4 Å². The zero-order valence-corrected chi connectivity index (χ0v) is 12.6. The zero-order valence-electron chi connectivity index (χ0n) is 11.8. The van der Waals surface area contributed by atoms with Crippen molar-refractivity contribution in [1.82, 2.24) is 0 Å². The number of carbonyl (C=O) groups excluding carboxylic acids is 1. The lowest BCUT2D eigenvalue weighted by molar-refractivity contribution is -0.323. The van der Waals surface area contributed by atoms with Gasteiger partial charge in [0, 0.05) is 16.7 Å². The first-order valence-electron chi connectivity index (χ1n) is 6.07. The maximum Gasteiger partial charge on any atom is 0.439 e. The number of ketones is 1. The molecule has 0 aliphatic carbocycles. The Hall–Kier alpha value is -1.98. The predicted octanol–water partition coefficient (Wildman–Crippen LogP) is 5.66. The van der Waals surface area contributed by atoms with Crippen LogP contribution in [0.25, 0.3) is 5.76 Å². The number of alkyl halides is 10. The summed E-state index contributed by atoms with van der Waals surface area (Å²) < 4.78 is 126. The van der Waals surface area contributed by atoms with E-state index in [0.29, 0.717) is 12.1 Å². The van der Waals surface area contributed by atoms with E-state index >= 15 is 0 Å². The molecule has 13 heteroatoms. The highest BCUT2D eigenvalue weighted by Crippen LogP contribution is 2.47. The second-order valence-corrected chi connectivity index (χ2v) is 5.17. The van der Waals surface area contributed by atoms with E-state index in [1.165, 1.54) is 0 Å². The second-order valence-electron chi connectivity index (χ2n) is 4.74. The minimum atomic E-state index is -6.77. The standard InChI is InChI=1S/C13H5ClF10O2/c14-5-1-2-6(7(3-5)11(16,17)18)8(25)4-9(26)10(15,12(19,20)21)13(22,23)24/h1-4,25H/b8-4-. The van der Waals surface area contributed by atoms with Crippen molar-refractivity contribution in [2.24, 2.45) is 0 Å². The third-order valence-electron chi connectivity index (χ3n) is 2.95. The van der Waals surface area contributed by atoms with E-state index in [-0.39, 0.29) is 6.07 Å². The molecule has 0 aliphatic heterocycles. The van der Waals surface area contributed by atoms with E-state index in [9.17, 15) is 53.8 Å². The monoisotopic (exact) mass is 418 g/mol. The Kier molecular flexibility index (Phi) is 5.63. The molecule has 0 amide bonds. The van der Waals surface area contributed by atoms with Gasteiger partial charge in [-0.25, -0.2) is 4.39 Å². The van der Waals surface area contributed by atoms with E-state index < -0.39 is 58.0 Å². The van der Waals surface area contributed by atoms with Crippen molar-refractivity contribution in [2.75, 3.05) is 0 Å². The van der Waals surface area contributed by atoms with Crippen LogP contribution < -0.4 is 0 Å². The molecule has 0 unspecified atom stereocenters. The molecule has 1 aromatic rings. The van der Waals surface area contributed by atoms with Gasteiger partial charge in [-0.15, -0.1) is 0 Å². The normalized spacial score (nSPS) is 14.5. The number of carbonyl (C=O) groups is 1. The van der Waals surface area contributed by atoms with Gasteiger partial charge in [0.2, 0.25) is 5.78 Å². The van der Waals surface area contributed by atoms with Gasteiger partial charge in [0.05, 0.1) is 5.56 Å². The van der Waals surface area contributed by atoms with Crippen molar-refractivity contribution in [3.8, 4) is 0 Å². The van der Waals surface area contributed by atoms with Crippen LogP contribution >= 0.6 is 11.6 Å². The average Bonchev–Trinajstić information content (AvgIpc) is 2.42. The SMILES string of the molecule is O=C(/C=C(\O)c1ccc(Cl)cc1C(F)(F)F)C(F)(C(F)(F)F)C(F)(F)F. The van der Waals surface area contributed by atoms with Gasteiger partial charge in [0.1, 0.15) is 5.76 Å². The molecule has 1 aromatic carbocycles. The Labute approximate surface area is 142 Å². The molecule has 0 heterocycles. The highest BCUT2D eigenvalue weighted by atomic mass is 35.5. The molecular formula is C13H5ClF10O2. The molecule has 0 aromatic heterocycles. The summed E-state index contributed by atoms with van der Waals surface area (Å²) in [5.41, 5.74) is -9.56. The summed E-state index contributed by atoms with van der Waals surface area (Å²) in [4.78, 5) is 11.2. The Morgan fingerprint density at radius 1 is 0.923 bits per heavy atom. The van der Waals surface area contributed by atoms with E-state index in [2.05, 4.69) is 0 Å². The van der Waals surface area contributed by atoms with Crippen molar-refractivity contribution in [1.29, 1.82) is 0 Å². The first-order chi connectivity index (χ1) is 11.4. The van der Waals surface area contributed by atoms with Crippen molar-refractivity contribution in [2.45, 2.75) is 24.2 Å². The fraction of sp³-hybridized carbons (Fsp3) is 0.308. The number of rotatable bonds is 3. The summed E-state index contributed by atoms with van der Waals surface area (Å²) in [6.07, 6.45) is -19.7. The molecule has 0 spiro atoms. The summed E-state index contributed by atoms with van der Waals surface area (Å²) in [7, 11) is 0. The smallest absolute Gasteiger partial charge is 0.439 e. The number of aliphatic hydroxyl groups is 1. The van der Waals surface area contributed by atoms with Crippen molar-refractivity contribution in [3.63, 3.8) is 0 Å². The van der Waals surface area contributed by atoms with Gasteiger partial charge in [0.15, 0.2) is 0 Å². The largest absolute Gasteiger partial charge is 0.507 e.